The second kappa shape index (κ2) is 11.8. The number of carbonyl (C=O) groups excluding carboxylic acids is 3. The number of hydrogen-bond donors (Lipinski definition) is 2. The van der Waals surface area contributed by atoms with Gasteiger partial charge in [-0.25, -0.2) is 0 Å². The summed E-state index contributed by atoms with van der Waals surface area (Å²) >= 11 is 0. The molecule has 1 aromatic carbocycles. The average Bonchev–Trinajstić information content (AvgIpc) is 2.50. The number of nitrogens with one attached hydrogen (secondary N) is 2. The molecule has 25 heavy (non-hydrogen) atoms. The predicted molar refractivity (Wildman–Crippen MR) is 91.6 cm³/mol. The van der Waals surface area contributed by atoms with E-state index in [0.717, 1.165) is 16.8 Å². The highest BCUT2D eigenvalue weighted by Crippen LogP contribution is 2.21. The first-order valence-corrected chi connectivity index (χ1v) is 7.76. The lowest BCUT2D eigenvalue weighted by Crippen LogP contribution is -2.28. The van der Waals surface area contributed by atoms with Gasteiger partial charge in [0, 0.05) is 24.2 Å². The molecule has 1 rings (SSSR count). The van der Waals surface area contributed by atoms with Gasteiger partial charge >= 0.3 is 0 Å². The molecule has 0 radical (unpaired) electrons. The van der Waals surface area contributed by atoms with E-state index in [1.165, 1.54) is 5.56 Å². The van der Waals surface area contributed by atoms with E-state index in [2.05, 4.69) is 36.3 Å². The summed E-state index contributed by atoms with van der Waals surface area (Å²) in [5, 5.41) is 24.9. The van der Waals surface area contributed by atoms with Gasteiger partial charge in [0.25, 0.3) is 0 Å². The van der Waals surface area contributed by atoms with Crippen LogP contribution in [0.3, 0.4) is 0 Å². The molecule has 0 heterocycles. The lowest BCUT2D eigenvalue weighted by Gasteiger charge is -2.12. The van der Waals surface area contributed by atoms with E-state index in [0.29, 0.717) is 13.1 Å². The highest BCUT2D eigenvalue weighted by molar-refractivity contribution is 5.93. The number of benzene rings is 1. The molecule has 138 valence electrons. The molecule has 0 saturated heterocycles. The van der Waals surface area contributed by atoms with E-state index in [9.17, 15) is 24.6 Å². The van der Waals surface area contributed by atoms with Crippen molar-refractivity contribution >= 4 is 23.5 Å². The van der Waals surface area contributed by atoms with Crippen LogP contribution in [-0.4, -0.2) is 30.9 Å². The average molecular weight is 348 g/mol. The van der Waals surface area contributed by atoms with Crippen molar-refractivity contribution in [2.75, 3.05) is 18.4 Å². The number of carbonyl (C=O) groups is 3. The van der Waals surface area contributed by atoms with Gasteiger partial charge in [0.15, 0.2) is 0 Å². The third-order valence-electron chi connectivity index (χ3n) is 3.05. The number of hydrogen-bond acceptors (Lipinski definition) is 6. The second-order valence-corrected chi connectivity index (χ2v) is 5.49. The summed E-state index contributed by atoms with van der Waals surface area (Å²) < 4.78 is 0. The number of amides is 1. The Morgan fingerprint density at radius 2 is 1.52 bits per heavy atom. The Hall–Kier alpha value is -2.67. The monoisotopic (exact) mass is 348 g/mol. The van der Waals surface area contributed by atoms with Crippen LogP contribution in [0, 0.1) is 20.8 Å². The highest BCUT2D eigenvalue weighted by atomic mass is 16.4. The van der Waals surface area contributed by atoms with Gasteiger partial charge in [0.2, 0.25) is 5.91 Å². The Labute approximate surface area is 147 Å². The van der Waals surface area contributed by atoms with Crippen LogP contribution in [0.4, 0.5) is 5.69 Å². The first kappa shape index (κ1) is 22.3. The van der Waals surface area contributed by atoms with E-state index in [1.807, 2.05) is 13.8 Å². The molecule has 0 aliphatic heterocycles. The van der Waals surface area contributed by atoms with Crippen molar-refractivity contribution in [2.24, 2.45) is 0 Å². The molecule has 7 heteroatoms. The summed E-state index contributed by atoms with van der Waals surface area (Å²) in [5.41, 5.74) is 4.32. The van der Waals surface area contributed by atoms with Crippen molar-refractivity contribution in [3.8, 4) is 0 Å². The summed E-state index contributed by atoms with van der Waals surface area (Å²) in [5.74, 6) is -2.76. The van der Waals surface area contributed by atoms with Gasteiger partial charge in [-0.1, -0.05) is 23.8 Å². The second-order valence-electron chi connectivity index (χ2n) is 5.49. The number of carboxylic acid groups (broad SMARTS) is 2. The van der Waals surface area contributed by atoms with Gasteiger partial charge in [0.05, 0.1) is 6.54 Å². The lowest BCUT2D eigenvalue weighted by atomic mass is 10.1. The van der Waals surface area contributed by atoms with Gasteiger partial charge in [-0.2, -0.15) is 0 Å². The van der Waals surface area contributed by atoms with Crippen molar-refractivity contribution in [1.29, 1.82) is 0 Å². The number of carboxylic acids is 2. The zero-order valence-electron chi connectivity index (χ0n) is 14.8. The zero-order valence-corrected chi connectivity index (χ0v) is 14.8. The molecule has 0 aromatic heterocycles. The first-order valence-electron chi connectivity index (χ1n) is 7.76. The SMILES string of the molecule is C=CCNCC(=O)Nc1c(C)cc(C)cc1C.O=C([O-])CCC(=O)[O-]. The molecule has 7 nitrogen and oxygen atoms in total. The summed E-state index contributed by atoms with van der Waals surface area (Å²) in [6.07, 6.45) is 0.792. The van der Waals surface area contributed by atoms with Crippen LogP contribution in [0.15, 0.2) is 24.8 Å². The molecule has 0 spiro atoms. The normalized spacial score (nSPS) is 9.56. The molecule has 0 aliphatic carbocycles. The smallest absolute Gasteiger partial charge is 0.238 e. The third kappa shape index (κ3) is 10.7. The van der Waals surface area contributed by atoms with E-state index < -0.39 is 24.8 Å². The van der Waals surface area contributed by atoms with Gasteiger partial charge < -0.3 is 30.4 Å². The fourth-order valence-corrected chi connectivity index (χ4v) is 2.05. The minimum Gasteiger partial charge on any atom is -0.550 e. The molecular weight excluding hydrogens is 324 g/mol. The van der Waals surface area contributed by atoms with Gasteiger partial charge in [-0.15, -0.1) is 6.58 Å². The van der Waals surface area contributed by atoms with Crippen LogP contribution >= 0.6 is 0 Å². The van der Waals surface area contributed by atoms with Crippen molar-refractivity contribution in [2.45, 2.75) is 33.6 Å². The lowest BCUT2D eigenvalue weighted by molar-refractivity contribution is -0.315. The molecule has 0 bridgehead atoms. The number of aliphatic carboxylic acids is 2. The molecule has 0 fully saturated rings. The maximum atomic E-state index is 11.7. The first-order chi connectivity index (χ1) is 11.7. The highest BCUT2D eigenvalue weighted by Gasteiger charge is 2.07. The van der Waals surface area contributed by atoms with Crippen LogP contribution < -0.4 is 20.8 Å². The van der Waals surface area contributed by atoms with Crippen molar-refractivity contribution in [3.05, 3.63) is 41.5 Å². The van der Waals surface area contributed by atoms with Crippen LogP contribution in [0.1, 0.15) is 29.5 Å². The predicted octanol–water partition coefficient (Wildman–Crippen LogP) is -0.408. The summed E-state index contributed by atoms with van der Waals surface area (Å²) in [4.78, 5) is 30.7. The van der Waals surface area contributed by atoms with E-state index >= 15 is 0 Å². The fraction of sp³-hybridized carbons (Fsp3) is 0.389. The topological polar surface area (TPSA) is 121 Å². The molecule has 0 aliphatic rings. The Balaban J connectivity index is 0.000000609. The van der Waals surface area contributed by atoms with Gasteiger partial charge in [-0.3, -0.25) is 4.79 Å². The summed E-state index contributed by atoms with van der Waals surface area (Å²) in [6, 6.07) is 4.14. The van der Waals surface area contributed by atoms with E-state index in [4.69, 9.17) is 0 Å². The summed E-state index contributed by atoms with van der Waals surface area (Å²) in [7, 11) is 0. The largest absolute Gasteiger partial charge is 0.550 e. The fourth-order valence-electron chi connectivity index (χ4n) is 2.05. The van der Waals surface area contributed by atoms with Crippen LogP contribution in [-0.2, 0) is 14.4 Å². The number of aryl methyl sites for hydroxylation is 3. The summed E-state index contributed by atoms with van der Waals surface area (Å²) in [6.45, 7) is 10.6. The molecule has 1 aromatic rings. The molecule has 2 N–H and O–H groups in total. The maximum Gasteiger partial charge on any atom is 0.238 e. The molecule has 1 amide bonds. The molecule has 0 unspecified atom stereocenters. The van der Waals surface area contributed by atoms with Crippen LogP contribution in [0.25, 0.3) is 0 Å². The van der Waals surface area contributed by atoms with Crippen molar-refractivity contribution < 1.29 is 24.6 Å². The minimum atomic E-state index is -1.37. The van der Waals surface area contributed by atoms with Crippen molar-refractivity contribution in [3.63, 3.8) is 0 Å². The Morgan fingerprint density at radius 3 is 1.92 bits per heavy atom. The minimum absolute atomic E-state index is 0.0260. The Bertz CT molecular complexity index is 589. The van der Waals surface area contributed by atoms with E-state index in [1.54, 1.807) is 6.08 Å². The standard InChI is InChI=1S/C14H20N2O.C4H6O4/c1-5-6-15-9-13(17)16-14-11(3)7-10(2)8-12(14)4;5-3(6)1-2-4(7)8/h5,7-8,15H,1,6,9H2,2-4H3,(H,16,17);1-2H2,(H,5,6)(H,7,8)/p-2. The van der Waals surface area contributed by atoms with Gasteiger partial charge in [0.1, 0.15) is 0 Å². The quantitative estimate of drug-likeness (QED) is 0.487. The van der Waals surface area contributed by atoms with Crippen molar-refractivity contribution in [1.82, 2.24) is 5.32 Å². The van der Waals surface area contributed by atoms with Crippen LogP contribution in [0.5, 0.6) is 0 Å². The van der Waals surface area contributed by atoms with Crippen LogP contribution in [0.2, 0.25) is 0 Å². The number of rotatable bonds is 8. The zero-order chi connectivity index (χ0) is 19.4. The maximum absolute atomic E-state index is 11.7. The number of anilines is 1. The Kier molecular flexibility index (Phi) is 10.5. The van der Waals surface area contributed by atoms with Gasteiger partial charge in [-0.05, 0) is 44.7 Å². The molecule has 0 saturated carbocycles. The Morgan fingerprint density at radius 1 is 1.04 bits per heavy atom. The molecular formula is C18H24N2O5-2. The van der Waals surface area contributed by atoms with E-state index in [-0.39, 0.29) is 5.91 Å². The third-order valence-corrected chi connectivity index (χ3v) is 3.05. The molecule has 0 atom stereocenters.